The third-order valence-corrected chi connectivity index (χ3v) is 3.84. The predicted molar refractivity (Wildman–Crippen MR) is 72.3 cm³/mol. The number of thiocarbonyl (C=S) groups is 1. The van der Waals surface area contributed by atoms with Gasteiger partial charge in [0.15, 0.2) is 0 Å². The molecule has 0 amide bonds. The van der Waals surface area contributed by atoms with Gasteiger partial charge in [-0.25, -0.2) is 17.5 Å². The molecule has 0 fully saturated rings. The number of nitrogens with two attached hydrogens (primary N) is 1. The molecule has 0 aliphatic rings. The van der Waals surface area contributed by atoms with E-state index in [9.17, 15) is 12.8 Å². The third-order valence-electron chi connectivity index (χ3n) is 2.20. The lowest BCUT2D eigenvalue weighted by Crippen LogP contribution is -2.28. The summed E-state index contributed by atoms with van der Waals surface area (Å²) < 4.78 is 39.6. The number of hydrogen-bond acceptors (Lipinski definition) is 3. The number of hydrogen-bond donors (Lipinski definition) is 2. The number of rotatable bonds is 5. The average molecular weight is 290 g/mol. The molecule has 0 unspecified atom stereocenters. The molecule has 0 saturated heterocycles. The van der Waals surface area contributed by atoms with E-state index in [0.717, 1.165) is 12.1 Å². The van der Waals surface area contributed by atoms with Gasteiger partial charge in [-0.1, -0.05) is 26.1 Å². The summed E-state index contributed by atoms with van der Waals surface area (Å²) in [6.45, 7) is 4.07. The molecule has 0 atom stereocenters. The Balaban J connectivity index is 3.10. The zero-order chi connectivity index (χ0) is 13.9. The maximum atomic E-state index is 13.3. The SMILES string of the molecule is CC(C)CNS(=O)(=O)c1ccc(F)c(C(N)=S)c1. The fraction of sp³-hybridized carbons (Fsp3) is 0.364. The summed E-state index contributed by atoms with van der Waals surface area (Å²) in [6, 6.07) is 3.36. The molecule has 0 aromatic heterocycles. The van der Waals surface area contributed by atoms with Gasteiger partial charge in [0.25, 0.3) is 0 Å². The van der Waals surface area contributed by atoms with E-state index in [1.165, 1.54) is 6.07 Å². The first kappa shape index (κ1) is 15.0. The van der Waals surface area contributed by atoms with Crippen LogP contribution in [0.3, 0.4) is 0 Å². The molecule has 0 radical (unpaired) electrons. The quantitative estimate of drug-likeness (QED) is 0.804. The molecule has 0 spiro atoms. The molecule has 1 rings (SSSR count). The minimum absolute atomic E-state index is 0.0487. The van der Waals surface area contributed by atoms with Gasteiger partial charge in [-0.05, 0) is 24.1 Å². The van der Waals surface area contributed by atoms with E-state index in [4.69, 9.17) is 5.73 Å². The van der Waals surface area contributed by atoms with Crippen LogP contribution in [0.1, 0.15) is 19.4 Å². The summed E-state index contributed by atoms with van der Waals surface area (Å²) in [6.07, 6.45) is 0. The topological polar surface area (TPSA) is 72.2 Å². The van der Waals surface area contributed by atoms with Crippen molar-refractivity contribution in [1.82, 2.24) is 4.72 Å². The summed E-state index contributed by atoms with van der Waals surface area (Å²) >= 11 is 4.66. The fourth-order valence-corrected chi connectivity index (χ4v) is 2.62. The third kappa shape index (κ3) is 3.72. The molecule has 0 aliphatic carbocycles. The van der Waals surface area contributed by atoms with E-state index >= 15 is 0 Å². The molecule has 3 N–H and O–H groups in total. The summed E-state index contributed by atoms with van der Waals surface area (Å²) in [5.74, 6) is -0.458. The van der Waals surface area contributed by atoms with Crippen molar-refractivity contribution in [3.8, 4) is 0 Å². The fourth-order valence-electron chi connectivity index (χ4n) is 1.22. The molecule has 1 aromatic carbocycles. The van der Waals surface area contributed by atoms with Crippen LogP contribution in [0.2, 0.25) is 0 Å². The number of nitrogens with one attached hydrogen (secondary N) is 1. The summed E-state index contributed by atoms with van der Waals surface area (Å²) in [5, 5.41) is 0. The molecule has 100 valence electrons. The van der Waals surface area contributed by atoms with Gasteiger partial charge < -0.3 is 5.73 Å². The lowest BCUT2D eigenvalue weighted by molar-refractivity contribution is 0.559. The summed E-state index contributed by atoms with van der Waals surface area (Å²) in [7, 11) is -3.66. The van der Waals surface area contributed by atoms with Gasteiger partial charge in [-0.2, -0.15) is 0 Å². The molecule has 18 heavy (non-hydrogen) atoms. The van der Waals surface area contributed by atoms with E-state index in [1.807, 2.05) is 13.8 Å². The normalized spacial score (nSPS) is 11.8. The van der Waals surface area contributed by atoms with Gasteiger partial charge in [-0.15, -0.1) is 0 Å². The first-order valence-corrected chi connectivity index (χ1v) is 7.22. The van der Waals surface area contributed by atoms with Gasteiger partial charge in [0.1, 0.15) is 10.8 Å². The zero-order valence-corrected chi connectivity index (χ0v) is 11.7. The van der Waals surface area contributed by atoms with Crippen LogP contribution in [-0.2, 0) is 10.0 Å². The van der Waals surface area contributed by atoms with Crippen molar-refractivity contribution in [3.05, 3.63) is 29.6 Å². The maximum Gasteiger partial charge on any atom is 0.240 e. The smallest absolute Gasteiger partial charge is 0.240 e. The first-order chi connectivity index (χ1) is 8.24. The van der Waals surface area contributed by atoms with E-state index in [-0.39, 0.29) is 21.4 Å². The van der Waals surface area contributed by atoms with Crippen LogP contribution in [-0.4, -0.2) is 20.0 Å². The largest absolute Gasteiger partial charge is 0.389 e. The molecular formula is C11H15FN2O2S2. The van der Waals surface area contributed by atoms with Gasteiger partial charge in [0.2, 0.25) is 10.0 Å². The van der Waals surface area contributed by atoms with E-state index in [2.05, 4.69) is 16.9 Å². The van der Waals surface area contributed by atoms with Crippen LogP contribution in [0.25, 0.3) is 0 Å². The lowest BCUT2D eigenvalue weighted by atomic mass is 10.2. The molecule has 1 aromatic rings. The second-order valence-electron chi connectivity index (χ2n) is 4.25. The molecule has 4 nitrogen and oxygen atoms in total. The maximum absolute atomic E-state index is 13.3. The van der Waals surface area contributed by atoms with Crippen molar-refractivity contribution in [1.29, 1.82) is 0 Å². The number of halogens is 1. The van der Waals surface area contributed by atoms with Crippen molar-refractivity contribution in [2.75, 3.05) is 6.54 Å². The van der Waals surface area contributed by atoms with Crippen molar-refractivity contribution in [3.63, 3.8) is 0 Å². The molecule has 0 saturated carbocycles. The lowest BCUT2D eigenvalue weighted by Gasteiger charge is -2.10. The van der Waals surface area contributed by atoms with Crippen LogP contribution >= 0.6 is 12.2 Å². The Hall–Kier alpha value is -1.05. The van der Waals surface area contributed by atoms with Crippen LogP contribution in [0.4, 0.5) is 4.39 Å². The number of sulfonamides is 1. The zero-order valence-electron chi connectivity index (χ0n) is 10.1. The van der Waals surface area contributed by atoms with Gasteiger partial charge in [0.05, 0.1) is 4.90 Å². The second-order valence-corrected chi connectivity index (χ2v) is 6.46. The summed E-state index contributed by atoms with van der Waals surface area (Å²) in [5.41, 5.74) is 5.25. The second kappa shape index (κ2) is 5.73. The molecular weight excluding hydrogens is 275 g/mol. The Morgan fingerprint density at radius 3 is 2.61 bits per heavy atom. The van der Waals surface area contributed by atoms with Crippen molar-refractivity contribution < 1.29 is 12.8 Å². The van der Waals surface area contributed by atoms with Crippen molar-refractivity contribution in [2.24, 2.45) is 11.7 Å². The predicted octanol–water partition coefficient (Wildman–Crippen LogP) is 1.39. The Kier molecular flexibility index (Phi) is 4.78. The Bertz CT molecular complexity index is 556. The van der Waals surface area contributed by atoms with Crippen LogP contribution in [0, 0.1) is 11.7 Å². The highest BCUT2D eigenvalue weighted by Crippen LogP contribution is 2.15. The standard InChI is InChI=1S/C11H15FN2O2S2/c1-7(2)6-14-18(15,16)8-3-4-10(12)9(5-8)11(13)17/h3-5,7,14H,6H2,1-2H3,(H2,13,17). The van der Waals surface area contributed by atoms with E-state index in [0.29, 0.717) is 6.54 Å². The minimum atomic E-state index is -3.66. The van der Waals surface area contributed by atoms with Crippen molar-refractivity contribution in [2.45, 2.75) is 18.7 Å². The minimum Gasteiger partial charge on any atom is -0.389 e. The molecule has 0 heterocycles. The average Bonchev–Trinajstić information content (AvgIpc) is 2.26. The molecule has 0 aliphatic heterocycles. The van der Waals surface area contributed by atoms with E-state index < -0.39 is 15.8 Å². The van der Waals surface area contributed by atoms with Crippen LogP contribution < -0.4 is 10.5 Å². The highest BCUT2D eigenvalue weighted by atomic mass is 32.2. The molecule has 0 bridgehead atoms. The number of benzene rings is 1. The molecule has 7 heteroatoms. The van der Waals surface area contributed by atoms with Crippen LogP contribution in [0.5, 0.6) is 0 Å². The Morgan fingerprint density at radius 2 is 2.11 bits per heavy atom. The summed E-state index contributed by atoms with van der Waals surface area (Å²) in [4.78, 5) is -0.222. The first-order valence-electron chi connectivity index (χ1n) is 5.33. The van der Waals surface area contributed by atoms with Gasteiger partial charge >= 0.3 is 0 Å². The van der Waals surface area contributed by atoms with Gasteiger partial charge in [0, 0.05) is 12.1 Å². The van der Waals surface area contributed by atoms with Crippen molar-refractivity contribution >= 4 is 27.2 Å². The highest BCUT2D eigenvalue weighted by molar-refractivity contribution is 7.89. The Morgan fingerprint density at radius 1 is 1.50 bits per heavy atom. The van der Waals surface area contributed by atoms with Crippen LogP contribution in [0.15, 0.2) is 23.1 Å². The monoisotopic (exact) mass is 290 g/mol. The highest BCUT2D eigenvalue weighted by Gasteiger charge is 2.17. The Labute approximate surface area is 111 Å². The van der Waals surface area contributed by atoms with E-state index in [1.54, 1.807) is 0 Å². The van der Waals surface area contributed by atoms with Gasteiger partial charge in [-0.3, -0.25) is 0 Å².